The molecule has 30 heavy (non-hydrogen) atoms. The Hall–Kier alpha value is -3.13. The summed E-state index contributed by atoms with van der Waals surface area (Å²) in [4.78, 5) is 26.7. The van der Waals surface area contributed by atoms with Gasteiger partial charge in [-0.05, 0) is 24.1 Å². The summed E-state index contributed by atoms with van der Waals surface area (Å²) >= 11 is 1.63. The van der Waals surface area contributed by atoms with Gasteiger partial charge in [0.25, 0.3) is 5.89 Å². The lowest BCUT2D eigenvalue weighted by molar-refractivity contribution is -0.155. The standard InChI is InChI=1S/C22H19N3O4S/c26-19-11-12-22(16-9-5-2-6-10-16)25(19)17(14-30-22)21(27)28-13-18-23-24-20(29-18)15-7-3-1-4-8-15/h1-10,17H,11-14H2/t17-,22-/m0/s1. The van der Waals surface area contributed by atoms with E-state index in [0.717, 1.165) is 11.1 Å². The Morgan fingerprint density at radius 1 is 1.13 bits per heavy atom. The summed E-state index contributed by atoms with van der Waals surface area (Å²) < 4.78 is 11.1. The van der Waals surface area contributed by atoms with Crippen molar-refractivity contribution in [2.24, 2.45) is 0 Å². The third-order valence-electron chi connectivity index (χ3n) is 5.45. The number of nitrogens with zero attached hydrogens (tertiary/aromatic N) is 3. The molecule has 0 bridgehead atoms. The van der Waals surface area contributed by atoms with Crippen LogP contribution < -0.4 is 0 Å². The fourth-order valence-electron chi connectivity index (χ4n) is 4.05. The second kappa shape index (κ2) is 7.60. The van der Waals surface area contributed by atoms with Gasteiger partial charge in [0, 0.05) is 17.7 Å². The van der Waals surface area contributed by atoms with Crippen molar-refractivity contribution in [2.75, 3.05) is 5.75 Å². The van der Waals surface area contributed by atoms with Crippen LogP contribution in [0.4, 0.5) is 0 Å². The lowest BCUT2D eigenvalue weighted by atomic mass is 10.0. The van der Waals surface area contributed by atoms with Crippen molar-refractivity contribution in [1.82, 2.24) is 15.1 Å². The third-order valence-corrected chi connectivity index (χ3v) is 7.05. The van der Waals surface area contributed by atoms with E-state index >= 15 is 0 Å². The van der Waals surface area contributed by atoms with E-state index in [9.17, 15) is 9.59 Å². The van der Waals surface area contributed by atoms with Gasteiger partial charge in [-0.1, -0.05) is 48.5 Å². The van der Waals surface area contributed by atoms with Gasteiger partial charge in [0.05, 0.1) is 0 Å². The molecular formula is C22H19N3O4S. The molecule has 5 rings (SSSR count). The van der Waals surface area contributed by atoms with Gasteiger partial charge in [-0.15, -0.1) is 22.0 Å². The Balaban J connectivity index is 1.29. The van der Waals surface area contributed by atoms with E-state index in [0.29, 0.717) is 24.5 Å². The summed E-state index contributed by atoms with van der Waals surface area (Å²) in [5, 5.41) is 7.96. The van der Waals surface area contributed by atoms with Crippen LogP contribution in [0.5, 0.6) is 0 Å². The van der Waals surface area contributed by atoms with E-state index < -0.39 is 16.9 Å². The molecule has 7 nitrogen and oxygen atoms in total. The summed E-state index contributed by atoms with van der Waals surface area (Å²) in [7, 11) is 0. The fraction of sp³-hybridized carbons (Fsp3) is 0.273. The minimum atomic E-state index is -0.623. The molecule has 0 unspecified atom stereocenters. The highest BCUT2D eigenvalue weighted by molar-refractivity contribution is 8.00. The molecule has 2 atom stereocenters. The van der Waals surface area contributed by atoms with Crippen molar-refractivity contribution in [3.63, 3.8) is 0 Å². The number of amides is 1. The van der Waals surface area contributed by atoms with Crippen molar-refractivity contribution in [3.8, 4) is 11.5 Å². The van der Waals surface area contributed by atoms with E-state index in [-0.39, 0.29) is 18.4 Å². The highest BCUT2D eigenvalue weighted by Gasteiger charge is 2.57. The first-order valence-electron chi connectivity index (χ1n) is 9.73. The molecule has 2 aliphatic heterocycles. The van der Waals surface area contributed by atoms with Crippen LogP contribution in [-0.2, 0) is 25.8 Å². The molecule has 3 aromatic rings. The number of benzene rings is 2. The van der Waals surface area contributed by atoms with Crippen LogP contribution in [0.3, 0.4) is 0 Å². The smallest absolute Gasteiger partial charge is 0.330 e. The molecule has 0 radical (unpaired) electrons. The average Bonchev–Trinajstić information content (AvgIpc) is 3.50. The molecule has 1 amide bonds. The number of esters is 1. The van der Waals surface area contributed by atoms with Crippen molar-refractivity contribution in [1.29, 1.82) is 0 Å². The molecule has 152 valence electrons. The van der Waals surface area contributed by atoms with Gasteiger partial charge < -0.3 is 14.1 Å². The van der Waals surface area contributed by atoms with Gasteiger partial charge in [0.2, 0.25) is 11.8 Å². The molecule has 2 aliphatic rings. The number of aromatic nitrogens is 2. The monoisotopic (exact) mass is 421 g/mol. The zero-order valence-corrected chi connectivity index (χ0v) is 16.9. The first-order valence-corrected chi connectivity index (χ1v) is 10.7. The number of rotatable bonds is 5. The minimum Gasteiger partial charge on any atom is -0.454 e. The second-order valence-electron chi connectivity index (χ2n) is 7.22. The number of ether oxygens (including phenoxy) is 1. The predicted molar refractivity (Wildman–Crippen MR) is 110 cm³/mol. The Kier molecular flexibility index (Phi) is 4.78. The van der Waals surface area contributed by atoms with Crippen molar-refractivity contribution < 1.29 is 18.7 Å². The molecule has 8 heteroatoms. The van der Waals surface area contributed by atoms with E-state index in [4.69, 9.17) is 9.15 Å². The quantitative estimate of drug-likeness (QED) is 0.584. The Morgan fingerprint density at radius 2 is 1.87 bits per heavy atom. The first kappa shape index (κ1) is 18.9. The lowest BCUT2D eigenvalue weighted by Gasteiger charge is -2.33. The summed E-state index contributed by atoms with van der Waals surface area (Å²) in [6, 6.07) is 18.6. The summed E-state index contributed by atoms with van der Waals surface area (Å²) in [6.45, 7) is -0.125. The molecule has 2 saturated heterocycles. The number of hydrogen-bond acceptors (Lipinski definition) is 7. The fourth-order valence-corrected chi connectivity index (χ4v) is 5.69. The van der Waals surface area contributed by atoms with Crippen molar-refractivity contribution >= 4 is 23.6 Å². The lowest BCUT2D eigenvalue weighted by Crippen LogP contribution is -2.46. The summed E-state index contributed by atoms with van der Waals surface area (Å²) in [5.41, 5.74) is 1.84. The third kappa shape index (κ3) is 3.17. The number of fused-ring (bicyclic) bond motifs is 1. The van der Waals surface area contributed by atoms with Crippen molar-refractivity contribution in [3.05, 3.63) is 72.1 Å². The normalized spacial score (nSPS) is 22.9. The Bertz CT molecular complexity index is 1070. The van der Waals surface area contributed by atoms with Gasteiger partial charge in [-0.3, -0.25) is 4.79 Å². The first-order chi connectivity index (χ1) is 14.7. The van der Waals surface area contributed by atoms with Crippen LogP contribution in [0, 0.1) is 0 Å². The SMILES string of the molecule is O=C(OCc1nnc(-c2ccccc2)o1)[C@@H]1CS[C@]2(c3ccccc3)CCC(=O)N12. The number of carbonyl (C=O) groups is 2. The van der Waals surface area contributed by atoms with Crippen LogP contribution >= 0.6 is 11.8 Å². The predicted octanol–water partition coefficient (Wildman–Crippen LogP) is 3.37. The highest BCUT2D eigenvalue weighted by Crippen LogP contribution is 2.54. The van der Waals surface area contributed by atoms with E-state index in [2.05, 4.69) is 10.2 Å². The maximum absolute atomic E-state index is 12.8. The van der Waals surface area contributed by atoms with E-state index in [1.165, 1.54) is 0 Å². The number of hydrogen-bond donors (Lipinski definition) is 0. The van der Waals surface area contributed by atoms with Gasteiger partial charge in [0.1, 0.15) is 10.9 Å². The van der Waals surface area contributed by atoms with E-state index in [1.54, 1.807) is 16.7 Å². The molecule has 0 N–H and O–H groups in total. The molecule has 3 heterocycles. The summed E-state index contributed by atoms with van der Waals surface area (Å²) in [6.07, 6.45) is 1.12. The molecule has 0 saturated carbocycles. The van der Waals surface area contributed by atoms with Crippen LogP contribution in [-0.4, -0.2) is 38.8 Å². The van der Waals surface area contributed by atoms with Crippen LogP contribution in [0.2, 0.25) is 0 Å². The topological polar surface area (TPSA) is 85.5 Å². The summed E-state index contributed by atoms with van der Waals surface area (Å²) in [5.74, 6) is 0.620. The maximum atomic E-state index is 12.8. The average molecular weight is 421 g/mol. The van der Waals surface area contributed by atoms with Crippen molar-refractivity contribution in [2.45, 2.75) is 30.4 Å². The van der Waals surface area contributed by atoms with Gasteiger partial charge in [-0.25, -0.2) is 4.79 Å². The molecule has 0 spiro atoms. The second-order valence-corrected chi connectivity index (χ2v) is 8.51. The van der Waals surface area contributed by atoms with Crippen LogP contribution in [0.1, 0.15) is 24.3 Å². The largest absolute Gasteiger partial charge is 0.454 e. The minimum absolute atomic E-state index is 0.0186. The molecular weight excluding hydrogens is 402 g/mol. The Labute approximate surface area is 177 Å². The van der Waals surface area contributed by atoms with Gasteiger partial charge in [-0.2, -0.15) is 0 Å². The number of thioether (sulfide) groups is 1. The van der Waals surface area contributed by atoms with Crippen LogP contribution in [0.25, 0.3) is 11.5 Å². The van der Waals surface area contributed by atoms with Gasteiger partial charge in [0.15, 0.2) is 6.61 Å². The number of carbonyl (C=O) groups excluding carboxylic acids is 2. The van der Waals surface area contributed by atoms with Crippen LogP contribution in [0.15, 0.2) is 65.1 Å². The molecule has 0 aliphatic carbocycles. The van der Waals surface area contributed by atoms with E-state index in [1.807, 2.05) is 60.7 Å². The van der Waals surface area contributed by atoms with Gasteiger partial charge >= 0.3 is 5.97 Å². The molecule has 2 aromatic carbocycles. The zero-order chi connectivity index (χ0) is 20.6. The zero-order valence-electron chi connectivity index (χ0n) is 16.1. The highest BCUT2D eigenvalue weighted by atomic mass is 32.2. The Morgan fingerprint density at radius 3 is 2.63 bits per heavy atom. The maximum Gasteiger partial charge on any atom is 0.330 e. The molecule has 2 fully saturated rings. The molecule has 1 aromatic heterocycles.